The second-order valence-corrected chi connectivity index (χ2v) is 5.32. The first kappa shape index (κ1) is 11.6. The molecule has 0 radical (unpaired) electrons. The lowest BCUT2D eigenvalue weighted by Gasteiger charge is -2.24. The summed E-state index contributed by atoms with van der Waals surface area (Å²) in [7, 11) is 0. The number of hydrogen-bond donors (Lipinski definition) is 1. The lowest BCUT2D eigenvalue weighted by atomic mass is 10.3. The Hall–Kier alpha value is -1.45. The maximum atomic E-state index is 5.87. The van der Waals surface area contributed by atoms with Gasteiger partial charge in [0.2, 0.25) is 5.88 Å². The van der Waals surface area contributed by atoms with E-state index >= 15 is 0 Å². The summed E-state index contributed by atoms with van der Waals surface area (Å²) in [5, 5.41) is 0. The highest BCUT2D eigenvalue weighted by Gasteiger charge is 2.34. The molecule has 1 heterocycles. The van der Waals surface area contributed by atoms with E-state index in [1.165, 1.54) is 25.7 Å². The van der Waals surface area contributed by atoms with E-state index in [1.807, 2.05) is 19.1 Å². The molecule has 0 saturated heterocycles. The fraction of sp³-hybridized carbons (Fsp3) is 0.643. The van der Waals surface area contributed by atoms with E-state index in [0.29, 0.717) is 24.2 Å². The summed E-state index contributed by atoms with van der Waals surface area (Å²) in [6.07, 6.45) is 5.33. The van der Waals surface area contributed by atoms with Gasteiger partial charge >= 0.3 is 0 Å². The second-order valence-electron chi connectivity index (χ2n) is 5.32. The molecule has 0 amide bonds. The third kappa shape index (κ3) is 2.52. The minimum absolute atomic E-state index is 0.580. The van der Waals surface area contributed by atoms with Crippen LogP contribution >= 0.6 is 0 Å². The van der Waals surface area contributed by atoms with Crippen LogP contribution in [0.5, 0.6) is 5.88 Å². The van der Waals surface area contributed by atoms with Crippen molar-refractivity contribution < 1.29 is 4.74 Å². The SMILES string of the molecule is CCOc1nc(N(CC2CC2)C2CC2)ccc1N. The number of ether oxygens (including phenoxy) is 1. The maximum absolute atomic E-state index is 5.87. The Balaban J connectivity index is 1.81. The fourth-order valence-corrected chi connectivity index (χ4v) is 2.25. The zero-order chi connectivity index (χ0) is 12.5. The van der Waals surface area contributed by atoms with Crippen LogP contribution in [0.2, 0.25) is 0 Å². The topological polar surface area (TPSA) is 51.4 Å². The van der Waals surface area contributed by atoms with Gasteiger partial charge in [0.1, 0.15) is 5.82 Å². The van der Waals surface area contributed by atoms with Crippen LogP contribution in [-0.4, -0.2) is 24.2 Å². The molecule has 0 aromatic carbocycles. The molecule has 2 saturated carbocycles. The third-order valence-electron chi connectivity index (χ3n) is 3.59. The average Bonchev–Trinajstić information content (AvgIpc) is 3.24. The molecule has 2 aliphatic rings. The van der Waals surface area contributed by atoms with Crippen molar-refractivity contribution in [3.05, 3.63) is 12.1 Å². The van der Waals surface area contributed by atoms with Crippen molar-refractivity contribution in [1.29, 1.82) is 0 Å². The molecule has 4 nitrogen and oxygen atoms in total. The summed E-state index contributed by atoms with van der Waals surface area (Å²) in [4.78, 5) is 7.03. The summed E-state index contributed by atoms with van der Waals surface area (Å²) in [5.74, 6) is 2.49. The van der Waals surface area contributed by atoms with Crippen LogP contribution in [0.15, 0.2) is 12.1 Å². The normalized spacial score (nSPS) is 18.7. The minimum atomic E-state index is 0.580. The van der Waals surface area contributed by atoms with Crippen LogP contribution in [0.3, 0.4) is 0 Å². The first-order chi connectivity index (χ1) is 8.78. The van der Waals surface area contributed by atoms with Gasteiger partial charge in [-0.1, -0.05) is 0 Å². The molecule has 0 bridgehead atoms. The van der Waals surface area contributed by atoms with Gasteiger partial charge in [-0.05, 0) is 50.7 Å². The van der Waals surface area contributed by atoms with Gasteiger partial charge in [0.05, 0.1) is 12.3 Å². The van der Waals surface area contributed by atoms with E-state index in [2.05, 4.69) is 9.88 Å². The van der Waals surface area contributed by atoms with Crippen LogP contribution < -0.4 is 15.4 Å². The number of nitrogens with two attached hydrogens (primary N) is 1. The number of nitrogen functional groups attached to an aromatic ring is 1. The first-order valence-electron chi connectivity index (χ1n) is 6.94. The van der Waals surface area contributed by atoms with E-state index in [0.717, 1.165) is 18.3 Å². The third-order valence-corrected chi connectivity index (χ3v) is 3.59. The predicted octanol–water partition coefficient (Wildman–Crippen LogP) is 2.44. The molecule has 18 heavy (non-hydrogen) atoms. The lowest BCUT2D eigenvalue weighted by Crippen LogP contribution is -2.29. The molecule has 0 atom stereocenters. The Morgan fingerprint density at radius 1 is 1.33 bits per heavy atom. The van der Waals surface area contributed by atoms with Gasteiger partial charge in [-0.15, -0.1) is 0 Å². The molecule has 98 valence electrons. The van der Waals surface area contributed by atoms with Crippen LogP contribution in [0.1, 0.15) is 32.6 Å². The van der Waals surface area contributed by atoms with Crippen molar-refractivity contribution in [2.45, 2.75) is 38.6 Å². The molecule has 4 heteroatoms. The number of pyridine rings is 1. The Morgan fingerprint density at radius 2 is 2.11 bits per heavy atom. The van der Waals surface area contributed by atoms with Crippen molar-refractivity contribution in [3.8, 4) is 5.88 Å². The van der Waals surface area contributed by atoms with Crippen LogP contribution in [0.4, 0.5) is 11.5 Å². The number of rotatable bonds is 6. The first-order valence-corrected chi connectivity index (χ1v) is 6.94. The van der Waals surface area contributed by atoms with E-state index in [4.69, 9.17) is 10.5 Å². The van der Waals surface area contributed by atoms with E-state index in [1.54, 1.807) is 0 Å². The molecule has 3 rings (SSSR count). The largest absolute Gasteiger partial charge is 0.476 e. The molecule has 2 fully saturated rings. The number of hydrogen-bond acceptors (Lipinski definition) is 4. The van der Waals surface area contributed by atoms with Crippen molar-refractivity contribution >= 4 is 11.5 Å². The number of nitrogens with zero attached hydrogens (tertiary/aromatic N) is 2. The molecule has 0 aliphatic heterocycles. The van der Waals surface area contributed by atoms with Gasteiger partial charge in [-0.25, -0.2) is 0 Å². The minimum Gasteiger partial charge on any atom is -0.476 e. The Morgan fingerprint density at radius 3 is 2.72 bits per heavy atom. The molecular formula is C14H21N3O. The molecule has 2 N–H and O–H groups in total. The van der Waals surface area contributed by atoms with Crippen LogP contribution in [0, 0.1) is 5.92 Å². The molecule has 1 aromatic heterocycles. The summed E-state index contributed by atoms with van der Waals surface area (Å²) in [6, 6.07) is 4.63. The molecule has 0 unspecified atom stereocenters. The summed E-state index contributed by atoms with van der Waals surface area (Å²) >= 11 is 0. The summed E-state index contributed by atoms with van der Waals surface area (Å²) in [6.45, 7) is 3.70. The maximum Gasteiger partial charge on any atom is 0.239 e. The predicted molar refractivity (Wildman–Crippen MR) is 72.9 cm³/mol. The zero-order valence-electron chi connectivity index (χ0n) is 10.9. The molecule has 2 aliphatic carbocycles. The summed E-state index contributed by atoms with van der Waals surface area (Å²) < 4.78 is 5.49. The molecule has 0 spiro atoms. The standard InChI is InChI=1S/C14H21N3O/c1-2-18-14-12(15)7-8-13(16-14)17(11-5-6-11)9-10-3-4-10/h7-8,10-11H,2-6,9,15H2,1H3. The van der Waals surface area contributed by atoms with Crippen LogP contribution in [0.25, 0.3) is 0 Å². The molecule has 1 aromatic rings. The monoisotopic (exact) mass is 247 g/mol. The van der Waals surface area contributed by atoms with Crippen LogP contribution in [-0.2, 0) is 0 Å². The van der Waals surface area contributed by atoms with Crippen molar-refractivity contribution in [2.75, 3.05) is 23.8 Å². The van der Waals surface area contributed by atoms with Gasteiger partial charge in [0.15, 0.2) is 0 Å². The molecular weight excluding hydrogens is 226 g/mol. The summed E-state index contributed by atoms with van der Waals surface area (Å²) in [5.41, 5.74) is 6.50. The fourth-order valence-electron chi connectivity index (χ4n) is 2.25. The van der Waals surface area contributed by atoms with Crippen molar-refractivity contribution in [2.24, 2.45) is 5.92 Å². The average molecular weight is 247 g/mol. The van der Waals surface area contributed by atoms with E-state index in [-0.39, 0.29) is 0 Å². The highest BCUT2D eigenvalue weighted by molar-refractivity contribution is 5.55. The zero-order valence-corrected chi connectivity index (χ0v) is 10.9. The highest BCUT2D eigenvalue weighted by Crippen LogP contribution is 2.38. The van der Waals surface area contributed by atoms with Gasteiger partial charge in [-0.2, -0.15) is 4.98 Å². The lowest BCUT2D eigenvalue weighted by molar-refractivity contribution is 0.329. The Bertz CT molecular complexity index is 427. The second kappa shape index (κ2) is 4.67. The Labute approximate surface area is 108 Å². The number of aromatic nitrogens is 1. The smallest absolute Gasteiger partial charge is 0.239 e. The van der Waals surface area contributed by atoms with Gasteiger partial charge < -0.3 is 15.4 Å². The highest BCUT2D eigenvalue weighted by atomic mass is 16.5. The van der Waals surface area contributed by atoms with E-state index < -0.39 is 0 Å². The van der Waals surface area contributed by atoms with Gasteiger partial charge in [0.25, 0.3) is 0 Å². The van der Waals surface area contributed by atoms with Crippen molar-refractivity contribution in [1.82, 2.24) is 4.98 Å². The van der Waals surface area contributed by atoms with E-state index in [9.17, 15) is 0 Å². The quantitative estimate of drug-likeness (QED) is 0.839. The Kier molecular flexibility index (Phi) is 3.02. The number of anilines is 2. The van der Waals surface area contributed by atoms with Crippen molar-refractivity contribution in [3.63, 3.8) is 0 Å². The van der Waals surface area contributed by atoms with Gasteiger partial charge in [-0.3, -0.25) is 0 Å². The van der Waals surface area contributed by atoms with Gasteiger partial charge in [0, 0.05) is 12.6 Å².